The maximum atomic E-state index is 6.28. The SMILES string of the molecule is ClC(CNCCn1cccn1)c1ccccc1. The van der Waals surface area contributed by atoms with Crippen LogP contribution >= 0.6 is 11.6 Å². The Morgan fingerprint density at radius 3 is 2.76 bits per heavy atom. The first-order valence-electron chi connectivity index (χ1n) is 5.73. The maximum absolute atomic E-state index is 6.28. The van der Waals surface area contributed by atoms with Crippen molar-refractivity contribution in [1.82, 2.24) is 15.1 Å². The molecule has 1 atom stereocenters. The van der Waals surface area contributed by atoms with Crippen LogP contribution in [0.3, 0.4) is 0 Å². The van der Waals surface area contributed by atoms with Crippen LogP contribution in [0, 0.1) is 0 Å². The topological polar surface area (TPSA) is 29.9 Å². The Morgan fingerprint density at radius 2 is 2.06 bits per heavy atom. The fourth-order valence-corrected chi connectivity index (χ4v) is 1.89. The molecule has 2 rings (SSSR count). The lowest BCUT2D eigenvalue weighted by atomic mass is 10.1. The Morgan fingerprint density at radius 1 is 1.24 bits per heavy atom. The number of halogens is 1. The van der Waals surface area contributed by atoms with Crippen LogP contribution in [0.1, 0.15) is 10.9 Å². The van der Waals surface area contributed by atoms with Crippen LogP contribution in [0.2, 0.25) is 0 Å². The molecule has 0 saturated carbocycles. The summed E-state index contributed by atoms with van der Waals surface area (Å²) in [5.41, 5.74) is 1.15. The molecule has 0 amide bonds. The summed E-state index contributed by atoms with van der Waals surface area (Å²) in [4.78, 5) is 0. The van der Waals surface area contributed by atoms with Gasteiger partial charge in [-0.25, -0.2) is 0 Å². The van der Waals surface area contributed by atoms with Crippen LogP contribution in [-0.4, -0.2) is 22.9 Å². The molecule has 0 spiro atoms. The van der Waals surface area contributed by atoms with Crippen molar-refractivity contribution in [1.29, 1.82) is 0 Å². The van der Waals surface area contributed by atoms with Gasteiger partial charge in [0.1, 0.15) is 0 Å². The molecular formula is C13H16ClN3. The highest BCUT2D eigenvalue weighted by atomic mass is 35.5. The molecule has 3 nitrogen and oxygen atoms in total. The largest absolute Gasteiger partial charge is 0.313 e. The number of aromatic nitrogens is 2. The summed E-state index contributed by atoms with van der Waals surface area (Å²) >= 11 is 6.28. The summed E-state index contributed by atoms with van der Waals surface area (Å²) in [5, 5.41) is 7.49. The molecular weight excluding hydrogens is 234 g/mol. The highest BCUT2D eigenvalue weighted by Crippen LogP contribution is 2.18. The fraction of sp³-hybridized carbons (Fsp3) is 0.308. The van der Waals surface area contributed by atoms with E-state index in [4.69, 9.17) is 11.6 Å². The average Bonchev–Trinajstić information content (AvgIpc) is 2.88. The summed E-state index contributed by atoms with van der Waals surface area (Å²) in [7, 11) is 0. The van der Waals surface area contributed by atoms with Crippen molar-refractivity contribution in [3.63, 3.8) is 0 Å². The lowest BCUT2D eigenvalue weighted by Crippen LogP contribution is -2.23. The van der Waals surface area contributed by atoms with Crippen molar-refractivity contribution in [3.05, 3.63) is 54.4 Å². The normalized spacial score (nSPS) is 12.5. The number of alkyl halides is 1. The van der Waals surface area contributed by atoms with Gasteiger partial charge in [0.2, 0.25) is 0 Å². The van der Waals surface area contributed by atoms with E-state index in [0.29, 0.717) is 0 Å². The lowest BCUT2D eigenvalue weighted by Gasteiger charge is -2.11. The minimum Gasteiger partial charge on any atom is -0.313 e. The van der Waals surface area contributed by atoms with Crippen LogP contribution in [0.5, 0.6) is 0 Å². The second-order valence-electron chi connectivity index (χ2n) is 3.85. The van der Waals surface area contributed by atoms with Crippen LogP contribution in [0.15, 0.2) is 48.8 Å². The van der Waals surface area contributed by atoms with E-state index in [1.165, 1.54) is 0 Å². The Balaban J connectivity index is 1.68. The van der Waals surface area contributed by atoms with Gasteiger partial charge in [0, 0.05) is 25.5 Å². The van der Waals surface area contributed by atoms with Gasteiger partial charge in [-0.15, -0.1) is 11.6 Å². The number of nitrogens with one attached hydrogen (secondary N) is 1. The van der Waals surface area contributed by atoms with Crippen molar-refractivity contribution in [3.8, 4) is 0 Å². The molecule has 90 valence electrons. The van der Waals surface area contributed by atoms with Crippen molar-refractivity contribution in [2.75, 3.05) is 13.1 Å². The zero-order valence-corrected chi connectivity index (χ0v) is 10.3. The number of hydrogen-bond acceptors (Lipinski definition) is 2. The number of hydrogen-bond donors (Lipinski definition) is 1. The van der Waals surface area contributed by atoms with E-state index in [-0.39, 0.29) is 5.38 Å². The number of nitrogens with zero attached hydrogens (tertiary/aromatic N) is 2. The van der Waals surface area contributed by atoms with Gasteiger partial charge in [0.25, 0.3) is 0 Å². The minimum absolute atomic E-state index is 0.0221. The molecule has 1 unspecified atom stereocenters. The molecule has 0 aliphatic carbocycles. The van der Waals surface area contributed by atoms with Crippen molar-refractivity contribution in [2.45, 2.75) is 11.9 Å². The first kappa shape index (κ1) is 12.1. The zero-order chi connectivity index (χ0) is 11.9. The van der Waals surface area contributed by atoms with Gasteiger partial charge in [-0.05, 0) is 11.6 Å². The third-order valence-corrected chi connectivity index (χ3v) is 2.97. The first-order valence-corrected chi connectivity index (χ1v) is 6.17. The average molecular weight is 250 g/mol. The van der Waals surface area contributed by atoms with Crippen LogP contribution in [0.4, 0.5) is 0 Å². The Hall–Kier alpha value is -1.32. The first-order chi connectivity index (χ1) is 8.36. The quantitative estimate of drug-likeness (QED) is 0.630. The molecule has 0 aliphatic rings. The third kappa shape index (κ3) is 3.88. The molecule has 1 aromatic heterocycles. The van der Waals surface area contributed by atoms with Gasteiger partial charge in [0.15, 0.2) is 0 Å². The van der Waals surface area contributed by atoms with Gasteiger partial charge in [0.05, 0.1) is 11.9 Å². The van der Waals surface area contributed by atoms with Crippen LogP contribution in [-0.2, 0) is 6.54 Å². The molecule has 0 saturated heterocycles. The van der Waals surface area contributed by atoms with Crippen molar-refractivity contribution >= 4 is 11.6 Å². The number of benzene rings is 1. The Bertz CT molecular complexity index is 413. The molecule has 17 heavy (non-hydrogen) atoms. The summed E-state index contributed by atoms with van der Waals surface area (Å²) < 4.78 is 1.90. The molecule has 0 aliphatic heterocycles. The van der Waals surface area contributed by atoms with Gasteiger partial charge in [-0.3, -0.25) is 4.68 Å². The monoisotopic (exact) mass is 249 g/mol. The van der Waals surface area contributed by atoms with E-state index in [1.54, 1.807) is 6.20 Å². The molecule has 1 N–H and O–H groups in total. The summed E-state index contributed by atoms with van der Waals surface area (Å²) in [5.74, 6) is 0. The zero-order valence-electron chi connectivity index (χ0n) is 9.59. The van der Waals surface area contributed by atoms with E-state index < -0.39 is 0 Å². The predicted molar refractivity (Wildman–Crippen MR) is 70.1 cm³/mol. The van der Waals surface area contributed by atoms with Gasteiger partial charge >= 0.3 is 0 Å². The smallest absolute Gasteiger partial charge is 0.0709 e. The van der Waals surface area contributed by atoms with Gasteiger partial charge in [-0.1, -0.05) is 30.3 Å². The van der Waals surface area contributed by atoms with Crippen LogP contribution < -0.4 is 5.32 Å². The lowest BCUT2D eigenvalue weighted by molar-refractivity contribution is 0.553. The number of rotatable bonds is 6. The molecule has 2 aromatic rings. The highest BCUT2D eigenvalue weighted by molar-refractivity contribution is 6.21. The molecule has 0 radical (unpaired) electrons. The summed E-state index contributed by atoms with van der Waals surface area (Å²) in [6, 6.07) is 12.0. The van der Waals surface area contributed by atoms with E-state index in [1.807, 2.05) is 47.3 Å². The van der Waals surface area contributed by atoms with Gasteiger partial charge in [-0.2, -0.15) is 5.10 Å². The van der Waals surface area contributed by atoms with Crippen molar-refractivity contribution < 1.29 is 0 Å². The van der Waals surface area contributed by atoms with E-state index >= 15 is 0 Å². The molecule has 4 heteroatoms. The molecule has 1 aromatic carbocycles. The molecule has 0 bridgehead atoms. The minimum atomic E-state index is 0.0221. The fourth-order valence-electron chi connectivity index (χ4n) is 1.63. The maximum Gasteiger partial charge on any atom is 0.0709 e. The molecule has 1 heterocycles. The second kappa shape index (κ2) is 6.42. The standard InChI is InChI=1S/C13H16ClN3/c14-13(12-5-2-1-3-6-12)11-15-8-10-17-9-4-7-16-17/h1-7,9,13,15H,8,10-11H2. The van der Waals surface area contributed by atoms with E-state index in [9.17, 15) is 0 Å². The summed E-state index contributed by atoms with van der Waals surface area (Å²) in [6.07, 6.45) is 3.74. The third-order valence-electron chi connectivity index (χ3n) is 2.56. The van der Waals surface area contributed by atoms with E-state index in [2.05, 4.69) is 10.4 Å². The predicted octanol–water partition coefficient (Wildman–Crippen LogP) is 2.45. The Labute approximate surface area is 106 Å². The highest BCUT2D eigenvalue weighted by Gasteiger charge is 2.05. The Kier molecular flexibility index (Phi) is 4.59. The van der Waals surface area contributed by atoms with Gasteiger partial charge < -0.3 is 5.32 Å². The van der Waals surface area contributed by atoms with E-state index in [0.717, 1.165) is 25.2 Å². The van der Waals surface area contributed by atoms with Crippen molar-refractivity contribution in [2.24, 2.45) is 0 Å². The van der Waals surface area contributed by atoms with Crippen LogP contribution in [0.25, 0.3) is 0 Å². The summed E-state index contributed by atoms with van der Waals surface area (Å²) in [6.45, 7) is 2.51. The second-order valence-corrected chi connectivity index (χ2v) is 4.38. The molecule has 0 fully saturated rings.